The van der Waals surface area contributed by atoms with Crippen LogP contribution in [0.15, 0.2) is 53.8 Å². The summed E-state index contributed by atoms with van der Waals surface area (Å²) in [6, 6.07) is 11.9. The molecule has 1 aliphatic rings. The fraction of sp³-hybridized carbons (Fsp3) is 0.333. The molecule has 30 heavy (non-hydrogen) atoms. The van der Waals surface area contributed by atoms with Crippen molar-refractivity contribution in [2.24, 2.45) is 5.92 Å². The molecule has 0 saturated carbocycles. The predicted molar refractivity (Wildman–Crippen MR) is 115 cm³/mol. The third-order valence-electron chi connectivity index (χ3n) is 5.08. The van der Waals surface area contributed by atoms with Crippen LogP contribution in [-0.4, -0.2) is 30.5 Å². The Balaban J connectivity index is 2.22. The van der Waals surface area contributed by atoms with Gasteiger partial charge in [-0.2, -0.15) is 0 Å². The summed E-state index contributed by atoms with van der Waals surface area (Å²) in [6.07, 6.45) is 0. The van der Waals surface area contributed by atoms with Crippen LogP contribution >= 0.6 is 0 Å². The van der Waals surface area contributed by atoms with Crippen molar-refractivity contribution in [2.45, 2.75) is 33.7 Å². The summed E-state index contributed by atoms with van der Waals surface area (Å²) in [6.45, 7) is 7.72. The van der Waals surface area contributed by atoms with Gasteiger partial charge in [0.15, 0.2) is 23.0 Å². The van der Waals surface area contributed by atoms with E-state index in [1.54, 1.807) is 45.2 Å². The van der Waals surface area contributed by atoms with E-state index < -0.39 is 17.7 Å². The zero-order valence-electron chi connectivity index (χ0n) is 17.9. The third-order valence-corrected chi connectivity index (χ3v) is 5.08. The number of ether oxygens (including phenoxy) is 2. The molecule has 1 heterocycles. The monoisotopic (exact) mass is 409 g/mol. The average Bonchev–Trinajstić information content (AvgIpc) is 2.98. The number of amides is 1. The van der Waals surface area contributed by atoms with Crippen molar-refractivity contribution in [1.82, 2.24) is 0 Å². The first-order chi connectivity index (χ1) is 14.3. The van der Waals surface area contributed by atoms with Gasteiger partial charge < -0.3 is 14.6 Å². The summed E-state index contributed by atoms with van der Waals surface area (Å²) in [5, 5.41) is 10.7. The highest BCUT2D eigenvalue weighted by Crippen LogP contribution is 2.44. The smallest absolute Gasteiger partial charge is 0.294 e. The van der Waals surface area contributed by atoms with Gasteiger partial charge in [0.25, 0.3) is 5.91 Å². The first-order valence-corrected chi connectivity index (χ1v) is 9.98. The molecular formula is C24H27NO5. The molecule has 2 aromatic rings. The van der Waals surface area contributed by atoms with Crippen LogP contribution in [0.25, 0.3) is 0 Å². The maximum atomic E-state index is 13.1. The minimum Gasteiger partial charge on any atom is -0.503 e. The molecule has 0 fully saturated rings. The van der Waals surface area contributed by atoms with Gasteiger partial charge in [-0.05, 0) is 49.2 Å². The molecule has 0 saturated heterocycles. The first kappa shape index (κ1) is 21.4. The van der Waals surface area contributed by atoms with Crippen LogP contribution in [0, 0.1) is 12.8 Å². The molecule has 2 aromatic carbocycles. The van der Waals surface area contributed by atoms with E-state index >= 15 is 0 Å². The summed E-state index contributed by atoms with van der Waals surface area (Å²) in [5.41, 5.74) is 2.33. The highest BCUT2D eigenvalue weighted by molar-refractivity contribution is 6.16. The lowest BCUT2D eigenvalue weighted by Gasteiger charge is -2.28. The van der Waals surface area contributed by atoms with Gasteiger partial charge in [0, 0.05) is 11.6 Å². The van der Waals surface area contributed by atoms with Crippen LogP contribution in [0.5, 0.6) is 11.5 Å². The number of ketones is 1. The standard InChI is InChI=1S/C24H27NO5/c1-6-30-19-13-16(10-11-18(19)29-5)21-20(22(26)14(2)3)23(27)24(28)25(21)17-9-7-8-15(4)12-17/h7-14,21,27H,6H2,1-5H3. The Morgan fingerprint density at radius 1 is 1.17 bits per heavy atom. The van der Waals surface area contributed by atoms with Crippen molar-refractivity contribution < 1.29 is 24.2 Å². The summed E-state index contributed by atoms with van der Waals surface area (Å²) >= 11 is 0. The molecule has 6 heteroatoms. The lowest BCUT2D eigenvalue weighted by Crippen LogP contribution is -2.31. The zero-order chi connectivity index (χ0) is 22.0. The van der Waals surface area contributed by atoms with Gasteiger partial charge >= 0.3 is 0 Å². The van der Waals surface area contributed by atoms with Crippen molar-refractivity contribution in [3.05, 3.63) is 64.9 Å². The number of hydrogen-bond donors (Lipinski definition) is 1. The minimum atomic E-state index is -0.765. The molecule has 0 aliphatic carbocycles. The molecule has 0 radical (unpaired) electrons. The van der Waals surface area contributed by atoms with Crippen molar-refractivity contribution in [2.75, 3.05) is 18.6 Å². The van der Waals surface area contributed by atoms with Crippen molar-refractivity contribution >= 4 is 17.4 Å². The number of aliphatic hydroxyl groups excluding tert-OH is 1. The number of Topliss-reactive ketones (excluding diaryl/α,β-unsaturated/α-hetero) is 1. The van der Waals surface area contributed by atoms with E-state index in [0.717, 1.165) is 5.56 Å². The average molecular weight is 409 g/mol. The summed E-state index contributed by atoms with van der Waals surface area (Å²) < 4.78 is 11.1. The topological polar surface area (TPSA) is 76.1 Å². The molecule has 1 N–H and O–H groups in total. The van der Waals surface area contributed by atoms with E-state index in [1.807, 2.05) is 32.0 Å². The lowest BCUT2D eigenvalue weighted by atomic mass is 9.91. The van der Waals surface area contributed by atoms with Crippen molar-refractivity contribution in [3.8, 4) is 11.5 Å². The van der Waals surface area contributed by atoms with Gasteiger partial charge in [-0.3, -0.25) is 14.5 Å². The summed E-state index contributed by atoms with van der Waals surface area (Å²) in [5.74, 6) is -0.680. The Bertz CT molecular complexity index is 1010. The van der Waals surface area contributed by atoms with E-state index in [2.05, 4.69) is 0 Å². The van der Waals surface area contributed by atoms with Crippen LogP contribution in [-0.2, 0) is 9.59 Å². The molecule has 1 unspecified atom stereocenters. The fourth-order valence-corrected chi connectivity index (χ4v) is 3.66. The Morgan fingerprint density at radius 2 is 1.90 bits per heavy atom. The number of methoxy groups -OCH3 is 1. The van der Waals surface area contributed by atoms with Gasteiger partial charge in [-0.1, -0.05) is 32.0 Å². The maximum Gasteiger partial charge on any atom is 0.294 e. The molecular weight excluding hydrogens is 382 g/mol. The number of carbonyl (C=O) groups excluding carboxylic acids is 2. The molecule has 1 atom stereocenters. The number of rotatable bonds is 7. The van der Waals surface area contributed by atoms with Crippen LogP contribution in [0.3, 0.4) is 0 Å². The van der Waals surface area contributed by atoms with Crippen molar-refractivity contribution in [3.63, 3.8) is 0 Å². The predicted octanol–water partition coefficient (Wildman–Crippen LogP) is 4.53. The molecule has 1 amide bonds. The minimum absolute atomic E-state index is 0.101. The number of aryl methyl sites for hydroxylation is 1. The second-order valence-electron chi connectivity index (χ2n) is 7.54. The van der Waals surface area contributed by atoms with Crippen LogP contribution < -0.4 is 14.4 Å². The van der Waals surface area contributed by atoms with Crippen LogP contribution in [0.1, 0.15) is 37.9 Å². The number of nitrogens with zero attached hydrogens (tertiary/aromatic N) is 1. The van der Waals surface area contributed by atoms with E-state index in [4.69, 9.17) is 9.47 Å². The normalized spacial score (nSPS) is 16.4. The molecule has 1 aliphatic heterocycles. The SMILES string of the molecule is CCOc1cc(C2C(C(=O)C(C)C)=C(O)C(=O)N2c2cccc(C)c2)ccc1OC. The molecule has 0 bridgehead atoms. The Hall–Kier alpha value is -3.28. The van der Waals surface area contributed by atoms with E-state index in [9.17, 15) is 14.7 Å². The highest BCUT2D eigenvalue weighted by Gasteiger charge is 2.45. The van der Waals surface area contributed by atoms with E-state index in [-0.39, 0.29) is 17.3 Å². The molecule has 3 rings (SSSR count). The Morgan fingerprint density at radius 3 is 2.50 bits per heavy atom. The summed E-state index contributed by atoms with van der Waals surface area (Å²) in [4.78, 5) is 27.6. The van der Waals surface area contributed by atoms with Gasteiger partial charge in [-0.25, -0.2) is 0 Å². The molecule has 0 aromatic heterocycles. The number of anilines is 1. The van der Waals surface area contributed by atoms with Crippen LogP contribution in [0.4, 0.5) is 5.69 Å². The zero-order valence-corrected chi connectivity index (χ0v) is 17.9. The quantitative estimate of drug-likeness (QED) is 0.727. The Kier molecular flexibility index (Phi) is 6.15. The number of benzene rings is 2. The molecule has 0 spiro atoms. The number of hydrogen-bond acceptors (Lipinski definition) is 5. The number of aliphatic hydroxyl groups is 1. The van der Waals surface area contributed by atoms with E-state index in [0.29, 0.717) is 29.4 Å². The first-order valence-electron chi connectivity index (χ1n) is 9.98. The summed E-state index contributed by atoms with van der Waals surface area (Å²) in [7, 11) is 1.55. The van der Waals surface area contributed by atoms with Crippen LogP contribution in [0.2, 0.25) is 0 Å². The third kappa shape index (κ3) is 3.77. The van der Waals surface area contributed by atoms with Gasteiger partial charge in [0.05, 0.1) is 25.3 Å². The lowest BCUT2D eigenvalue weighted by molar-refractivity contribution is -0.119. The molecule has 6 nitrogen and oxygen atoms in total. The van der Waals surface area contributed by atoms with Crippen molar-refractivity contribution in [1.29, 1.82) is 0 Å². The van der Waals surface area contributed by atoms with E-state index in [1.165, 1.54) is 4.90 Å². The molecule has 158 valence electrons. The second-order valence-corrected chi connectivity index (χ2v) is 7.54. The second kappa shape index (κ2) is 8.61. The largest absolute Gasteiger partial charge is 0.503 e. The maximum absolute atomic E-state index is 13.1. The highest BCUT2D eigenvalue weighted by atomic mass is 16.5. The Labute approximate surface area is 176 Å². The van der Waals surface area contributed by atoms with Gasteiger partial charge in [-0.15, -0.1) is 0 Å². The van der Waals surface area contributed by atoms with Gasteiger partial charge in [0.2, 0.25) is 0 Å². The van der Waals surface area contributed by atoms with Gasteiger partial charge in [0.1, 0.15) is 0 Å². The fourth-order valence-electron chi connectivity index (χ4n) is 3.66. The number of carbonyl (C=O) groups is 2.